The lowest BCUT2D eigenvalue weighted by Gasteiger charge is -2.35. The minimum atomic E-state index is -4.40. The predicted molar refractivity (Wildman–Crippen MR) is 89.7 cm³/mol. The topological polar surface area (TPSA) is 192 Å². The van der Waals surface area contributed by atoms with E-state index < -0.39 is 32.4 Å². The SMILES string of the molecule is COCCO[C@@H]1[C@@H]2OP(=O)([O-])OC[C@H]2O[C@H]1n1cnc2c(N)ncnc21.[NH4+]. The Hall–Kier alpha value is -1.70. The number of phosphoric acid groups is 1. The molecule has 0 spiro atoms. The van der Waals surface area contributed by atoms with Crippen molar-refractivity contribution in [1.29, 1.82) is 0 Å². The zero-order valence-corrected chi connectivity index (χ0v) is 15.7. The molecular formula is C13H21N6O7P. The van der Waals surface area contributed by atoms with Crippen LogP contribution in [0, 0.1) is 0 Å². The minimum absolute atomic E-state index is 0. The van der Waals surface area contributed by atoms with Crippen LogP contribution in [0.5, 0.6) is 0 Å². The molecule has 0 bridgehead atoms. The van der Waals surface area contributed by atoms with Crippen LogP contribution in [0.15, 0.2) is 12.7 Å². The van der Waals surface area contributed by atoms with Crippen molar-refractivity contribution in [2.75, 3.05) is 32.7 Å². The fraction of sp³-hybridized carbons (Fsp3) is 0.615. The summed E-state index contributed by atoms with van der Waals surface area (Å²) in [4.78, 5) is 24.0. The maximum Gasteiger partial charge on any atom is 0.268 e. The van der Waals surface area contributed by atoms with Gasteiger partial charge in [0.1, 0.15) is 30.2 Å². The van der Waals surface area contributed by atoms with Crippen LogP contribution in [0.25, 0.3) is 11.2 Å². The molecule has 6 N–H and O–H groups in total. The summed E-state index contributed by atoms with van der Waals surface area (Å²) >= 11 is 0. The van der Waals surface area contributed by atoms with Gasteiger partial charge in [0.25, 0.3) is 7.82 Å². The second-order valence-electron chi connectivity index (χ2n) is 5.79. The van der Waals surface area contributed by atoms with Crippen molar-refractivity contribution in [2.24, 2.45) is 0 Å². The zero-order valence-electron chi connectivity index (χ0n) is 14.8. The number of anilines is 1. The van der Waals surface area contributed by atoms with Gasteiger partial charge < -0.3 is 40.0 Å². The van der Waals surface area contributed by atoms with Gasteiger partial charge in [-0.2, -0.15) is 0 Å². The molecule has 27 heavy (non-hydrogen) atoms. The summed E-state index contributed by atoms with van der Waals surface area (Å²) in [6.45, 7) is 0.392. The number of methoxy groups -OCH3 is 1. The molecule has 14 heteroatoms. The molecule has 150 valence electrons. The van der Waals surface area contributed by atoms with Crippen LogP contribution in [-0.2, 0) is 27.8 Å². The van der Waals surface area contributed by atoms with Gasteiger partial charge in [-0.3, -0.25) is 9.13 Å². The van der Waals surface area contributed by atoms with Crippen molar-refractivity contribution in [1.82, 2.24) is 25.7 Å². The van der Waals surface area contributed by atoms with Crippen LogP contribution in [0.4, 0.5) is 5.82 Å². The first kappa shape index (κ1) is 20.0. The van der Waals surface area contributed by atoms with Gasteiger partial charge >= 0.3 is 0 Å². The summed E-state index contributed by atoms with van der Waals surface area (Å²) in [6, 6.07) is 0. The van der Waals surface area contributed by atoms with Gasteiger partial charge in [0.15, 0.2) is 17.7 Å². The number of phosphoric ester groups is 1. The number of quaternary nitrogens is 1. The molecule has 2 aromatic heterocycles. The van der Waals surface area contributed by atoms with E-state index in [0.717, 1.165) is 0 Å². The number of hydrogen-bond acceptors (Lipinski definition) is 11. The summed E-state index contributed by atoms with van der Waals surface area (Å²) < 4.78 is 39.9. The van der Waals surface area contributed by atoms with Crippen molar-refractivity contribution < 1.29 is 32.7 Å². The second-order valence-corrected chi connectivity index (χ2v) is 7.15. The number of hydrogen-bond donors (Lipinski definition) is 2. The quantitative estimate of drug-likeness (QED) is 0.486. The Labute approximate surface area is 153 Å². The lowest BCUT2D eigenvalue weighted by Crippen LogP contribution is -2.42. The number of nitrogens with zero attached hydrogens (tertiary/aromatic N) is 4. The highest BCUT2D eigenvalue weighted by atomic mass is 31.2. The molecule has 4 rings (SSSR count). The van der Waals surface area contributed by atoms with E-state index in [0.29, 0.717) is 17.8 Å². The van der Waals surface area contributed by atoms with E-state index in [1.807, 2.05) is 0 Å². The number of ether oxygens (including phenoxy) is 3. The van der Waals surface area contributed by atoms with Crippen LogP contribution in [0.3, 0.4) is 0 Å². The van der Waals surface area contributed by atoms with E-state index in [-0.39, 0.29) is 25.2 Å². The van der Waals surface area contributed by atoms with E-state index >= 15 is 0 Å². The molecule has 0 aliphatic carbocycles. The first-order chi connectivity index (χ1) is 12.5. The highest BCUT2D eigenvalue weighted by Gasteiger charge is 2.51. The van der Waals surface area contributed by atoms with Crippen molar-refractivity contribution in [2.45, 2.75) is 24.5 Å². The lowest BCUT2D eigenvalue weighted by atomic mass is 10.1. The van der Waals surface area contributed by atoms with Crippen molar-refractivity contribution >= 4 is 24.8 Å². The Bertz CT molecular complexity index is 850. The Balaban J connectivity index is 0.00000210. The first-order valence-electron chi connectivity index (χ1n) is 7.83. The van der Waals surface area contributed by atoms with Gasteiger partial charge in [-0.15, -0.1) is 0 Å². The molecule has 2 saturated heterocycles. The number of nitrogen functional groups attached to an aromatic ring is 1. The fourth-order valence-electron chi connectivity index (χ4n) is 3.04. The number of rotatable bonds is 5. The first-order valence-corrected chi connectivity index (χ1v) is 9.29. The Morgan fingerprint density at radius 3 is 3.00 bits per heavy atom. The third kappa shape index (κ3) is 3.68. The number of fused-ring (bicyclic) bond motifs is 2. The monoisotopic (exact) mass is 404 g/mol. The molecule has 2 aromatic rings. The van der Waals surface area contributed by atoms with Gasteiger partial charge in [-0.1, -0.05) is 0 Å². The fourth-order valence-corrected chi connectivity index (χ4v) is 3.98. The Morgan fingerprint density at radius 2 is 2.22 bits per heavy atom. The van der Waals surface area contributed by atoms with Crippen LogP contribution in [-0.4, -0.2) is 64.8 Å². The van der Waals surface area contributed by atoms with Gasteiger partial charge in [0.2, 0.25) is 0 Å². The number of nitrogens with two attached hydrogens (primary N) is 1. The van der Waals surface area contributed by atoms with Crippen LogP contribution < -0.4 is 16.8 Å². The van der Waals surface area contributed by atoms with E-state index in [1.54, 1.807) is 4.57 Å². The summed E-state index contributed by atoms with van der Waals surface area (Å²) in [5.41, 5.74) is 6.66. The number of imidazole rings is 1. The summed E-state index contributed by atoms with van der Waals surface area (Å²) in [7, 11) is -2.87. The van der Waals surface area contributed by atoms with Gasteiger partial charge in [-0.25, -0.2) is 15.0 Å². The molecule has 0 radical (unpaired) electrons. The Morgan fingerprint density at radius 1 is 1.41 bits per heavy atom. The molecule has 4 heterocycles. The molecule has 5 atom stereocenters. The van der Waals surface area contributed by atoms with Crippen molar-refractivity contribution in [3.63, 3.8) is 0 Å². The van der Waals surface area contributed by atoms with Crippen LogP contribution in [0.1, 0.15) is 6.23 Å². The van der Waals surface area contributed by atoms with E-state index in [9.17, 15) is 9.46 Å². The molecular weight excluding hydrogens is 383 g/mol. The second kappa shape index (κ2) is 7.73. The van der Waals surface area contributed by atoms with Gasteiger partial charge in [0, 0.05) is 7.11 Å². The maximum atomic E-state index is 11.7. The molecule has 2 aliphatic heterocycles. The smallest absolute Gasteiger partial charge is 0.268 e. The summed E-state index contributed by atoms with van der Waals surface area (Å²) in [6.07, 6.45) is -0.157. The zero-order chi connectivity index (χ0) is 18.3. The summed E-state index contributed by atoms with van der Waals surface area (Å²) in [5.74, 6) is 0.227. The van der Waals surface area contributed by atoms with Crippen molar-refractivity contribution in [3.8, 4) is 0 Å². The average Bonchev–Trinajstić information content (AvgIpc) is 3.17. The largest absolute Gasteiger partial charge is 0.756 e. The molecule has 0 saturated carbocycles. The molecule has 1 unspecified atom stereocenters. The normalized spacial score (nSPS) is 33.0. The van der Waals surface area contributed by atoms with E-state index in [4.69, 9.17) is 29.0 Å². The van der Waals surface area contributed by atoms with Gasteiger partial charge in [-0.05, 0) is 0 Å². The third-order valence-corrected chi connectivity index (χ3v) is 5.16. The van der Waals surface area contributed by atoms with Crippen LogP contribution >= 0.6 is 7.82 Å². The average molecular weight is 404 g/mol. The summed E-state index contributed by atoms with van der Waals surface area (Å²) in [5, 5.41) is 0. The Kier molecular flexibility index (Phi) is 5.74. The highest BCUT2D eigenvalue weighted by molar-refractivity contribution is 7.45. The standard InChI is InChI=1S/C13H18N5O7P.H3N/c1-21-2-3-22-10-9-7(4-23-26(19,20)25-9)24-13(10)18-6-17-8-11(14)15-5-16-12(8)18;/h5-7,9-10,13H,2-4H2,1H3,(H,19,20)(H2,14,15,16);1H3/t7-,9-,10-,13-;/m1./s1. The molecule has 2 aliphatic rings. The highest BCUT2D eigenvalue weighted by Crippen LogP contribution is 2.50. The third-order valence-electron chi connectivity index (χ3n) is 4.19. The minimum Gasteiger partial charge on any atom is -0.756 e. The number of aromatic nitrogens is 4. The maximum absolute atomic E-state index is 11.7. The lowest BCUT2D eigenvalue weighted by molar-refractivity contribution is -0.246. The van der Waals surface area contributed by atoms with Crippen molar-refractivity contribution in [3.05, 3.63) is 12.7 Å². The van der Waals surface area contributed by atoms with E-state index in [1.165, 1.54) is 19.8 Å². The molecule has 2 fully saturated rings. The van der Waals surface area contributed by atoms with Gasteiger partial charge in [0.05, 0.1) is 26.1 Å². The van der Waals surface area contributed by atoms with Crippen LogP contribution in [0.2, 0.25) is 0 Å². The molecule has 0 aromatic carbocycles. The molecule has 0 amide bonds. The van der Waals surface area contributed by atoms with E-state index in [2.05, 4.69) is 15.0 Å². The molecule has 13 nitrogen and oxygen atoms in total. The predicted octanol–water partition coefficient (Wildman–Crippen LogP) is -0.402.